The summed E-state index contributed by atoms with van der Waals surface area (Å²) in [5.74, 6) is 0. The number of hydrogen-bond donors (Lipinski definition) is 0. The zero-order chi connectivity index (χ0) is 33.3. The molecule has 0 bridgehead atoms. The van der Waals surface area contributed by atoms with E-state index in [2.05, 4.69) is 158 Å². The molecule has 3 nitrogen and oxygen atoms in total. The van der Waals surface area contributed by atoms with Crippen molar-refractivity contribution < 1.29 is 0 Å². The van der Waals surface area contributed by atoms with Gasteiger partial charge in [0.05, 0.1) is 29.5 Å². The molecule has 3 heteroatoms. The number of rotatable bonds is 5. The number of pyridine rings is 2. The highest BCUT2D eigenvalue weighted by molar-refractivity contribution is 5.99. The van der Waals surface area contributed by atoms with Gasteiger partial charge in [0.2, 0.25) is 0 Å². The Bertz CT molecular complexity index is 2220. The van der Waals surface area contributed by atoms with Crippen LogP contribution in [0.4, 0.5) is 17.1 Å². The van der Waals surface area contributed by atoms with Crippen LogP contribution in [0.3, 0.4) is 0 Å². The van der Waals surface area contributed by atoms with E-state index in [1.807, 2.05) is 36.9 Å². The average Bonchev–Trinajstić information content (AvgIpc) is 3.52. The van der Waals surface area contributed by atoms with Gasteiger partial charge in [-0.3, -0.25) is 9.97 Å². The normalized spacial score (nSPS) is 14.4. The first-order chi connectivity index (χ1) is 23.8. The monoisotopic (exact) mass is 631 g/mol. The summed E-state index contributed by atoms with van der Waals surface area (Å²) in [5.41, 5.74) is 18.3. The van der Waals surface area contributed by atoms with E-state index in [9.17, 15) is 0 Å². The molecule has 2 aromatic heterocycles. The number of anilines is 3. The number of nitrogens with zero attached hydrogens (tertiary/aromatic N) is 3. The molecular formula is C46H37N3. The summed E-state index contributed by atoms with van der Waals surface area (Å²) in [4.78, 5) is 11.5. The number of aromatic nitrogens is 2. The van der Waals surface area contributed by atoms with Crippen LogP contribution in [0.5, 0.6) is 0 Å². The number of benzene rings is 5. The largest absolute Gasteiger partial charge is 0.306 e. The van der Waals surface area contributed by atoms with Gasteiger partial charge in [0.1, 0.15) is 0 Å². The van der Waals surface area contributed by atoms with E-state index < -0.39 is 0 Å². The molecule has 0 atom stereocenters. The standard InChI is InChI=1S/C46H37N3/c1-45(2)40-18-7-5-14-36(40)38-22-20-30(26-42(38)45)34-16-9-17-35(44(34)49(32-12-10-24-47-28-32)33-13-11-25-48-29-33)31-21-23-39-37-15-6-8-19-41(37)46(3,4)43(39)27-31/h5-29H,1-4H3. The SMILES string of the molecule is CC1(C)c2ccccc2-c2ccc(-c3cccc(-c4ccc5c(c4)C(C)(C)c4ccccc4-5)c3N(c3cccnc3)c3cccnc3)cc21. The van der Waals surface area contributed by atoms with Gasteiger partial charge in [0.15, 0.2) is 0 Å². The van der Waals surface area contributed by atoms with Crippen molar-refractivity contribution in [3.63, 3.8) is 0 Å². The lowest BCUT2D eigenvalue weighted by Gasteiger charge is -2.30. The van der Waals surface area contributed by atoms with Crippen molar-refractivity contribution in [2.45, 2.75) is 38.5 Å². The van der Waals surface area contributed by atoms with Crippen molar-refractivity contribution in [1.29, 1.82) is 0 Å². The Balaban J connectivity index is 1.31. The molecule has 49 heavy (non-hydrogen) atoms. The molecule has 0 spiro atoms. The summed E-state index contributed by atoms with van der Waals surface area (Å²) in [7, 11) is 0. The summed E-state index contributed by atoms with van der Waals surface area (Å²) in [6.07, 6.45) is 7.55. The van der Waals surface area contributed by atoms with E-state index >= 15 is 0 Å². The minimum Gasteiger partial charge on any atom is -0.306 e. The van der Waals surface area contributed by atoms with Gasteiger partial charge in [-0.05, 0) is 92.0 Å². The number of para-hydroxylation sites is 1. The van der Waals surface area contributed by atoms with Crippen LogP contribution in [0.1, 0.15) is 49.9 Å². The van der Waals surface area contributed by atoms with E-state index in [4.69, 9.17) is 0 Å². The second kappa shape index (κ2) is 10.9. The molecule has 2 aliphatic rings. The van der Waals surface area contributed by atoms with Gasteiger partial charge in [0.25, 0.3) is 0 Å². The zero-order valence-electron chi connectivity index (χ0n) is 28.3. The molecule has 0 fully saturated rings. The molecule has 7 aromatic rings. The fraction of sp³-hybridized carbons (Fsp3) is 0.130. The van der Waals surface area contributed by atoms with E-state index in [-0.39, 0.29) is 10.8 Å². The molecule has 9 rings (SSSR count). The molecule has 0 unspecified atom stereocenters. The highest BCUT2D eigenvalue weighted by Crippen LogP contribution is 2.53. The highest BCUT2D eigenvalue weighted by Gasteiger charge is 2.37. The van der Waals surface area contributed by atoms with E-state index in [1.165, 1.54) is 55.6 Å². The molecule has 0 saturated carbocycles. The van der Waals surface area contributed by atoms with Gasteiger partial charge in [-0.25, -0.2) is 0 Å². The molecule has 0 radical (unpaired) electrons. The molecular weight excluding hydrogens is 595 g/mol. The minimum atomic E-state index is -0.104. The quantitative estimate of drug-likeness (QED) is 0.189. The van der Waals surface area contributed by atoms with Crippen molar-refractivity contribution in [3.8, 4) is 44.5 Å². The van der Waals surface area contributed by atoms with Crippen molar-refractivity contribution in [2.75, 3.05) is 4.90 Å². The van der Waals surface area contributed by atoms with Crippen LogP contribution in [0.15, 0.2) is 152 Å². The lowest BCUT2D eigenvalue weighted by molar-refractivity contribution is 0.660. The number of hydrogen-bond acceptors (Lipinski definition) is 3. The molecule has 2 heterocycles. The Morgan fingerprint density at radius 1 is 0.408 bits per heavy atom. The maximum atomic E-state index is 4.58. The van der Waals surface area contributed by atoms with Crippen molar-refractivity contribution >= 4 is 17.1 Å². The molecule has 5 aromatic carbocycles. The molecule has 0 amide bonds. The lowest BCUT2D eigenvalue weighted by Crippen LogP contribution is -2.16. The van der Waals surface area contributed by atoms with Crippen LogP contribution in [0, 0.1) is 0 Å². The highest BCUT2D eigenvalue weighted by atomic mass is 15.2. The van der Waals surface area contributed by atoms with Gasteiger partial charge in [-0.15, -0.1) is 0 Å². The first kappa shape index (κ1) is 29.3. The lowest BCUT2D eigenvalue weighted by atomic mass is 9.80. The van der Waals surface area contributed by atoms with E-state index in [0.717, 1.165) is 28.2 Å². The van der Waals surface area contributed by atoms with Crippen LogP contribution in [-0.2, 0) is 10.8 Å². The summed E-state index contributed by atoms with van der Waals surface area (Å²) < 4.78 is 0. The van der Waals surface area contributed by atoms with Gasteiger partial charge < -0.3 is 4.90 Å². The summed E-state index contributed by atoms with van der Waals surface area (Å²) in [6, 6.07) is 46.8. The van der Waals surface area contributed by atoms with Crippen molar-refractivity contribution in [3.05, 3.63) is 174 Å². The fourth-order valence-electron chi connectivity index (χ4n) is 8.37. The van der Waals surface area contributed by atoms with Crippen LogP contribution in [0.25, 0.3) is 44.5 Å². The Morgan fingerprint density at radius 3 is 1.29 bits per heavy atom. The molecule has 0 aliphatic heterocycles. The van der Waals surface area contributed by atoms with Gasteiger partial charge in [0, 0.05) is 34.4 Å². The Kier molecular flexibility index (Phi) is 6.51. The summed E-state index contributed by atoms with van der Waals surface area (Å²) >= 11 is 0. The van der Waals surface area contributed by atoms with Crippen LogP contribution < -0.4 is 4.90 Å². The maximum absolute atomic E-state index is 4.58. The Hall–Kier alpha value is -5.80. The van der Waals surface area contributed by atoms with Crippen molar-refractivity contribution in [2.24, 2.45) is 0 Å². The Morgan fingerprint density at radius 2 is 0.837 bits per heavy atom. The maximum Gasteiger partial charge on any atom is 0.0646 e. The van der Waals surface area contributed by atoms with Gasteiger partial charge in [-0.2, -0.15) is 0 Å². The second-order valence-electron chi connectivity index (χ2n) is 14.3. The van der Waals surface area contributed by atoms with E-state index in [1.54, 1.807) is 0 Å². The molecule has 0 N–H and O–H groups in total. The fourth-order valence-corrected chi connectivity index (χ4v) is 8.37. The third kappa shape index (κ3) is 4.42. The summed E-state index contributed by atoms with van der Waals surface area (Å²) in [6.45, 7) is 9.39. The first-order valence-electron chi connectivity index (χ1n) is 17.1. The summed E-state index contributed by atoms with van der Waals surface area (Å²) in [5, 5.41) is 0. The first-order valence-corrected chi connectivity index (χ1v) is 17.1. The topological polar surface area (TPSA) is 29.0 Å². The third-order valence-corrected chi connectivity index (χ3v) is 10.9. The predicted octanol–water partition coefficient (Wildman–Crippen LogP) is 11.9. The molecule has 236 valence electrons. The third-order valence-electron chi connectivity index (χ3n) is 10.9. The molecule has 2 aliphatic carbocycles. The van der Waals surface area contributed by atoms with E-state index in [0.29, 0.717) is 0 Å². The Labute approximate surface area is 288 Å². The molecule has 0 saturated heterocycles. The van der Waals surface area contributed by atoms with Gasteiger partial charge >= 0.3 is 0 Å². The van der Waals surface area contributed by atoms with Crippen molar-refractivity contribution in [1.82, 2.24) is 9.97 Å². The second-order valence-corrected chi connectivity index (χ2v) is 14.3. The minimum absolute atomic E-state index is 0.104. The average molecular weight is 632 g/mol. The number of fused-ring (bicyclic) bond motifs is 6. The van der Waals surface area contributed by atoms with Crippen LogP contribution >= 0.6 is 0 Å². The van der Waals surface area contributed by atoms with Crippen LogP contribution in [-0.4, -0.2) is 9.97 Å². The predicted molar refractivity (Wildman–Crippen MR) is 203 cm³/mol. The van der Waals surface area contributed by atoms with Gasteiger partial charge in [-0.1, -0.05) is 119 Å². The smallest absolute Gasteiger partial charge is 0.0646 e. The zero-order valence-corrected chi connectivity index (χ0v) is 28.3. The van der Waals surface area contributed by atoms with Crippen LogP contribution in [0.2, 0.25) is 0 Å².